The molecule has 0 aliphatic heterocycles. The molecule has 1 unspecified atom stereocenters. The number of hydrogen-bond acceptors (Lipinski definition) is 3. The van der Waals surface area contributed by atoms with Crippen molar-refractivity contribution in [1.29, 1.82) is 0 Å². The van der Waals surface area contributed by atoms with E-state index in [0.29, 0.717) is 11.8 Å². The maximum absolute atomic E-state index is 13.5. The molecule has 0 aromatic heterocycles. The van der Waals surface area contributed by atoms with Crippen LogP contribution in [0.2, 0.25) is 0 Å². The van der Waals surface area contributed by atoms with Crippen LogP contribution in [0.4, 0.5) is 0 Å². The van der Waals surface area contributed by atoms with Crippen LogP contribution < -0.4 is 0 Å². The van der Waals surface area contributed by atoms with E-state index in [0.717, 1.165) is 12.0 Å². The van der Waals surface area contributed by atoms with Gasteiger partial charge in [0, 0.05) is 0 Å². The summed E-state index contributed by atoms with van der Waals surface area (Å²) in [6.45, 7) is 22.9. The zero-order valence-corrected chi connectivity index (χ0v) is 20.9. The van der Waals surface area contributed by atoms with Crippen LogP contribution in [0.5, 0.6) is 0 Å². The highest BCUT2D eigenvalue weighted by atomic mass is 31.2. The lowest BCUT2D eigenvalue weighted by Crippen LogP contribution is -2.24. The predicted octanol–water partition coefficient (Wildman–Crippen LogP) is 8.19. The molecule has 0 bridgehead atoms. The minimum atomic E-state index is -3.28. The fourth-order valence-corrected chi connectivity index (χ4v) is 5.90. The van der Waals surface area contributed by atoms with Crippen molar-refractivity contribution >= 4 is 7.60 Å². The maximum atomic E-state index is 13.5. The van der Waals surface area contributed by atoms with Crippen molar-refractivity contribution < 1.29 is 13.6 Å². The molecule has 0 aliphatic carbocycles. The van der Waals surface area contributed by atoms with E-state index in [2.05, 4.69) is 58.9 Å². The van der Waals surface area contributed by atoms with Crippen molar-refractivity contribution in [3.63, 3.8) is 0 Å². The van der Waals surface area contributed by atoms with Crippen LogP contribution in [0.3, 0.4) is 0 Å². The Morgan fingerprint density at radius 1 is 0.821 bits per heavy atom. The normalized spacial score (nSPS) is 15.1. The Labute approximate surface area is 174 Å². The van der Waals surface area contributed by atoms with E-state index in [4.69, 9.17) is 9.05 Å². The lowest BCUT2D eigenvalue weighted by molar-refractivity contribution is 0.0485. The highest BCUT2D eigenvalue weighted by molar-refractivity contribution is 7.53. The van der Waals surface area contributed by atoms with Gasteiger partial charge in [-0.2, -0.15) is 0 Å². The molecule has 4 heteroatoms. The average molecular weight is 411 g/mol. The molecule has 3 nitrogen and oxygen atoms in total. The smallest absolute Gasteiger partial charge is 0.303 e. The third-order valence-corrected chi connectivity index (χ3v) is 6.65. The van der Waals surface area contributed by atoms with Crippen molar-refractivity contribution in [3.05, 3.63) is 35.4 Å². The third kappa shape index (κ3) is 9.72. The Morgan fingerprint density at radius 2 is 1.25 bits per heavy atom. The molecule has 1 aromatic carbocycles. The standard InChI is InChI=1S/C24H43O3P/c1-18(2)21(16-22(3,4)5)20-14-12-19(13-15-20)17-28(25,26-23(6,7)8)27-24(9,10)11/h12-15,18,21H,16-17H2,1-11H3. The molecule has 162 valence electrons. The topological polar surface area (TPSA) is 35.5 Å². The molecule has 0 fully saturated rings. The summed E-state index contributed by atoms with van der Waals surface area (Å²) in [5, 5.41) is 0. The van der Waals surface area contributed by atoms with Gasteiger partial charge in [0.1, 0.15) is 0 Å². The Bertz CT molecular complexity index is 635. The second-order valence-electron chi connectivity index (χ2n) is 11.5. The minimum absolute atomic E-state index is 0.282. The molecule has 0 heterocycles. The van der Waals surface area contributed by atoms with Gasteiger partial charge in [0.25, 0.3) is 0 Å². The van der Waals surface area contributed by atoms with Crippen molar-refractivity contribution in [2.75, 3.05) is 0 Å². The molecule has 1 aromatic rings. The summed E-state index contributed by atoms with van der Waals surface area (Å²) in [4.78, 5) is 0. The fraction of sp³-hybridized carbons (Fsp3) is 0.750. The molecule has 28 heavy (non-hydrogen) atoms. The van der Waals surface area contributed by atoms with E-state index >= 15 is 0 Å². The van der Waals surface area contributed by atoms with Gasteiger partial charge in [0.2, 0.25) is 0 Å². The molecule has 0 spiro atoms. The van der Waals surface area contributed by atoms with Gasteiger partial charge in [-0.05, 0) is 76.3 Å². The molecule has 0 saturated heterocycles. The van der Waals surface area contributed by atoms with Gasteiger partial charge < -0.3 is 9.05 Å². The van der Waals surface area contributed by atoms with Crippen LogP contribution in [0, 0.1) is 11.3 Å². The van der Waals surface area contributed by atoms with E-state index in [1.807, 2.05) is 41.5 Å². The summed E-state index contributed by atoms with van der Waals surface area (Å²) >= 11 is 0. The lowest BCUT2D eigenvalue weighted by atomic mass is 9.76. The molecular formula is C24H43O3P. The van der Waals surface area contributed by atoms with Crippen LogP contribution in [0.1, 0.15) is 99.6 Å². The summed E-state index contributed by atoms with van der Waals surface area (Å²) in [5.41, 5.74) is 1.55. The SMILES string of the molecule is CC(C)C(CC(C)(C)C)c1ccc(CP(=O)(OC(C)(C)C)OC(C)(C)C)cc1. The number of rotatable bonds is 7. The van der Waals surface area contributed by atoms with E-state index in [-0.39, 0.29) is 11.6 Å². The van der Waals surface area contributed by atoms with Gasteiger partial charge >= 0.3 is 7.60 Å². The van der Waals surface area contributed by atoms with Crippen LogP contribution in [0.25, 0.3) is 0 Å². The van der Waals surface area contributed by atoms with Crippen molar-refractivity contribution in [2.45, 2.75) is 106 Å². The van der Waals surface area contributed by atoms with Crippen LogP contribution in [-0.4, -0.2) is 11.2 Å². The molecule has 1 atom stereocenters. The predicted molar refractivity (Wildman–Crippen MR) is 121 cm³/mol. The monoisotopic (exact) mass is 410 g/mol. The zero-order valence-electron chi connectivity index (χ0n) is 20.1. The first-order valence-electron chi connectivity index (χ1n) is 10.5. The second kappa shape index (κ2) is 9.02. The number of benzene rings is 1. The molecule has 0 amide bonds. The van der Waals surface area contributed by atoms with Gasteiger partial charge in [-0.1, -0.05) is 58.9 Å². The molecule has 0 aliphatic rings. The first kappa shape index (κ1) is 25.4. The van der Waals surface area contributed by atoms with Gasteiger partial charge in [-0.3, -0.25) is 4.57 Å². The summed E-state index contributed by atoms with van der Waals surface area (Å²) in [6.07, 6.45) is 1.43. The number of hydrogen-bond donors (Lipinski definition) is 0. The van der Waals surface area contributed by atoms with Crippen LogP contribution in [-0.2, 0) is 19.8 Å². The molecule has 0 radical (unpaired) electrons. The summed E-state index contributed by atoms with van der Waals surface area (Å²) in [6, 6.07) is 8.53. The minimum Gasteiger partial charge on any atom is -0.303 e. The largest absolute Gasteiger partial charge is 0.336 e. The average Bonchev–Trinajstić information content (AvgIpc) is 2.39. The zero-order chi connectivity index (χ0) is 22.0. The van der Waals surface area contributed by atoms with E-state index in [1.54, 1.807) is 0 Å². The summed E-state index contributed by atoms with van der Waals surface area (Å²) in [7, 11) is -3.28. The fourth-order valence-electron chi connectivity index (χ4n) is 3.41. The van der Waals surface area contributed by atoms with Gasteiger partial charge in [0.15, 0.2) is 0 Å². The second-order valence-corrected chi connectivity index (χ2v) is 13.4. The van der Waals surface area contributed by atoms with Crippen molar-refractivity contribution in [2.24, 2.45) is 11.3 Å². The first-order valence-corrected chi connectivity index (χ1v) is 12.2. The highest BCUT2D eigenvalue weighted by Crippen LogP contribution is 2.57. The van der Waals surface area contributed by atoms with Crippen molar-refractivity contribution in [1.82, 2.24) is 0 Å². The molecule has 1 rings (SSSR count). The Hall–Kier alpha value is -0.630. The quantitative estimate of drug-likeness (QED) is 0.425. The van der Waals surface area contributed by atoms with Gasteiger partial charge in [-0.15, -0.1) is 0 Å². The molecule has 0 saturated carbocycles. The van der Waals surface area contributed by atoms with E-state index < -0.39 is 18.8 Å². The summed E-state index contributed by atoms with van der Waals surface area (Å²) < 4.78 is 25.3. The maximum Gasteiger partial charge on any atom is 0.336 e. The molecule has 0 N–H and O–H groups in total. The Morgan fingerprint density at radius 3 is 1.57 bits per heavy atom. The summed E-state index contributed by atoms with van der Waals surface area (Å²) in [5.74, 6) is 1.09. The third-order valence-electron chi connectivity index (χ3n) is 4.25. The molecular weight excluding hydrogens is 367 g/mol. The van der Waals surface area contributed by atoms with E-state index in [9.17, 15) is 4.57 Å². The Kier molecular flexibility index (Phi) is 8.19. The van der Waals surface area contributed by atoms with Crippen LogP contribution >= 0.6 is 7.60 Å². The van der Waals surface area contributed by atoms with Gasteiger partial charge in [-0.25, -0.2) is 0 Å². The van der Waals surface area contributed by atoms with E-state index in [1.165, 1.54) is 5.56 Å². The van der Waals surface area contributed by atoms with Gasteiger partial charge in [0.05, 0.1) is 17.4 Å². The Balaban J connectivity index is 3.08. The highest BCUT2D eigenvalue weighted by Gasteiger charge is 2.35. The first-order chi connectivity index (χ1) is 12.4. The lowest BCUT2D eigenvalue weighted by Gasteiger charge is -2.32. The van der Waals surface area contributed by atoms with Crippen molar-refractivity contribution in [3.8, 4) is 0 Å². The van der Waals surface area contributed by atoms with Crippen LogP contribution in [0.15, 0.2) is 24.3 Å².